The molecule has 0 atom stereocenters. The van der Waals surface area contributed by atoms with Crippen LogP contribution in [0.4, 0.5) is 22.0 Å². The quantitative estimate of drug-likeness (QED) is 0.819. The van der Waals surface area contributed by atoms with Gasteiger partial charge in [0.05, 0.1) is 6.54 Å². The summed E-state index contributed by atoms with van der Waals surface area (Å²) in [5.41, 5.74) is 0.500. The van der Waals surface area contributed by atoms with Crippen molar-refractivity contribution >= 4 is 5.91 Å². The molecule has 0 aromatic heterocycles. The monoisotopic (exact) mass is 378 g/mol. The molecule has 3 rings (SSSR count). The number of carbonyl (C=O) groups is 1. The Hall–Kier alpha value is -1.90. The van der Waals surface area contributed by atoms with Crippen molar-refractivity contribution in [2.24, 2.45) is 0 Å². The number of carbonyl (C=O) groups excluding carboxylic acids is 1. The van der Waals surface area contributed by atoms with E-state index < -0.39 is 36.9 Å². The predicted octanol–water partition coefficient (Wildman–Crippen LogP) is 3.53. The zero-order valence-electron chi connectivity index (χ0n) is 13.9. The van der Waals surface area contributed by atoms with Crippen molar-refractivity contribution in [2.75, 3.05) is 26.2 Å². The first-order valence-electron chi connectivity index (χ1n) is 8.41. The lowest BCUT2D eigenvalue weighted by Crippen LogP contribution is -2.32. The molecule has 0 radical (unpaired) electrons. The van der Waals surface area contributed by atoms with Gasteiger partial charge >= 0.3 is 6.36 Å². The van der Waals surface area contributed by atoms with Gasteiger partial charge in [-0.15, -0.1) is 13.2 Å². The first kappa shape index (κ1) is 18.9. The average Bonchev–Trinajstić information content (AvgIpc) is 2.93. The van der Waals surface area contributed by atoms with E-state index in [1.54, 1.807) is 0 Å². The maximum Gasteiger partial charge on any atom is 0.573 e. The van der Waals surface area contributed by atoms with E-state index in [4.69, 9.17) is 0 Å². The van der Waals surface area contributed by atoms with Crippen LogP contribution in [-0.4, -0.2) is 49.3 Å². The molecular formula is C17H19F5N2O2. The highest BCUT2D eigenvalue weighted by Gasteiger charge is 2.41. The third kappa shape index (κ3) is 4.63. The maximum atomic E-state index is 13.4. The highest BCUT2D eigenvalue weighted by atomic mass is 19.4. The van der Waals surface area contributed by atoms with Crippen LogP contribution in [0.15, 0.2) is 18.2 Å². The van der Waals surface area contributed by atoms with E-state index >= 15 is 0 Å². The van der Waals surface area contributed by atoms with Crippen molar-refractivity contribution in [3.05, 3.63) is 29.3 Å². The van der Waals surface area contributed by atoms with Crippen molar-refractivity contribution in [3.63, 3.8) is 0 Å². The van der Waals surface area contributed by atoms with Gasteiger partial charge in [0, 0.05) is 18.5 Å². The number of nitrogens with one attached hydrogen (secondary N) is 1. The summed E-state index contributed by atoms with van der Waals surface area (Å²) >= 11 is 0. The first-order valence-corrected chi connectivity index (χ1v) is 8.41. The number of hydrogen-bond acceptors (Lipinski definition) is 3. The number of likely N-dealkylation sites (tertiary alicyclic amines) is 1. The summed E-state index contributed by atoms with van der Waals surface area (Å²) in [4.78, 5) is 13.5. The van der Waals surface area contributed by atoms with Crippen LogP contribution >= 0.6 is 0 Å². The highest BCUT2D eigenvalue weighted by molar-refractivity contribution is 5.95. The van der Waals surface area contributed by atoms with Gasteiger partial charge in [0.15, 0.2) is 0 Å². The lowest BCUT2D eigenvalue weighted by Gasteiger charge is -2.25. The lowest BCUT2D eigenvalue weighted by molar-refractivity contribution is -0.274. The normalized spacial score (nSPS) is 21.0. The molecule has 4 nitrogen and oxygen atoms in total. The SMILES string of the molecule is O=C(c1cc(OC(F)(F)F)cc(C2CCNCC2)c1)N1CCC(F)(F)C1. The second-order valence-corrected chi connectivity index (χ2v) is 6.70. The van der Waals surface area contributed by atoms with Crippen molar-refractivity contribution < 1.29 is 31.5 Å². The van der Waals surface area contributed by atoms with Gasteiger partial charge in [0.1, 0.15) is 5.75 Å². The molecule has 0 aliphatic carbocycles. The Morgan fingerprint density at radius 2 is 1.88 bits per heavy atom. The molecule has 9 heteroatoms. The number of halogens is 5. The Balaban J connectivity index is 1.90. The van der Waals surface area contributed by atoms with E-state index in [2.05, 4.69) is 10.1 Å². The van der Waals surface area contributed by atoms with Gasteiger partial charge < -0.3 is 15.0 Å². The summed E-state index contributed by atoms with van der Waals surface area (Å²) in [5.74, 6) is -4.18. The van der Waals surface area contributed by atoms with Crippen LogP contribution in [0.1, 0.15) is 41.1 Å². The van der Waals surface area contributed by atoms with Crippen LogP contribution in [0.5, 0.6) is 5.75 Å². The largest absolute Gasteiger partial charge is 0.573 e. The summed E-state index contributed by atoms with van der Waals surface area (Å²) in [6.45, 7) is 0.588. The fraction of sp³-hybridized carbons (Fsp3) is 0.588. The summed E-state index contributed by atoms with van der Waals surface area (Å²) in [6.07, 6.45) is -3.91. The van der Waals surface area contributed by atoms with Crippen LogP contribution in [0.25, 0.3) is 0 Å². The summed E-state index contributed by atoms with van der Waals surface area (Å²) in [7, 11) is 0. The fourth-order valence-electron chi connectivity index (χ4n) is 3.42. The Morgan fingerprint density at radius 1 is 1.19 bits per heavy atom. The summed E-state index contributed by atoms with van der Waals surface area (Å²) in [6, 6.07) is 3.74. The smallest absolute Gasteiger partial charge is 0.406 e. The molecule has 1 aromatic carbocycles. The molecule has 0 spiro atoms. The van der Waals surface area contributed by atoms with E-state index in [9.17, 15) is 26.7 Å². The average molecular weight is 378 g/mol. The number of nitrogens with zero attached hydrogens (tertiary/aromatic N) is 1. The molecule has 2 heterocycles. The minimum atomic E-state index is -4.90. The minimum absolute atomic E-state index is 0.0143. The van der Waals surface area contributed by atoms with Crippen LogP contribution in [0.3, 0.4) is 0 Å². The van der Waals surface area contributed by atoms with Gasteiger partial charge in [-0.3, -0.25) is 4.79 Å². The second kappa shape index (κ2) is 7.02. The molecule has 26 heavy (non-hydrogen) atoms. The molecule has 144 valence electrons. The predicted molar refractivity (Wildman–Crippen MR) is 83.4 cm³/mol. The number of benzene rings is 1. The van der Waals surface area contributed by atoms with Gasteiger partial charge in [-0.1, -0.05) is 0 Å². The van der Waals surface area contributed by atoms with E-state index in [1.165, 1.54) is 12.1 Å². The topological polar surface area (TPSA) is 41.6 Å². The molecule has 0 unspecified atom stereocenters. The van der Waals surface area contributed by atoms with Gasteiger partial charge in [-0.05, 0) is 55.6 Å². The molecule has 2 fully saturated rings. The van der Waals surface area contributed by atoms with Crippen LogP contribution in [0.2, 0.25) is 0 Å². The number of rotatable bonds is 3. The molecule has 1 aromatic rings. The Labute approximate surface area is 147 Å². The Kier molecular flexibility index (Phi) is 5.09. The van der Waals surface area contributed by atoms with Crippen molar-refractivity contribution in [3.8, 4) is 5.75 Å². The third-order valence-electron chi connectivity index (χ3n) is 4.68. The van der Waals surface area contributed by atoms with Gasteiger partial charge in [0.2, 0.25) is 0 Å². The van der Waals surface area contributed by atoms with Crippen LogP contribution < -0.4 is 10.1 Å². The summed E-state index contributed by atoms with van der Waals surface area (Å²) in [5, 5.41) is 3.16. The number of amides is 1. The number of alkyl halides is 5. The molecule has 0 bridgehead atoms. The molecule has 2 saturated heterocycles. The van der Waals surface area contributed by atoms with Crippen molar-refractivity contribution in [2.45, 2.75) is 37.5 Å². The molecule has 0 saturated carbocycles. The molecule has 1 amide bonds. The summed E-state index contributed by atoms with van der Waals surface area (Å²) < 4.78 is 68.6. The van der Waals surface area contributed by atoms with Crippen LogP contribution in [-0.2, 0) is 0 Å². The number of piperidine rings is 1. The Bertz CT molecular complexity index is 672. The minimum Gasteiger partial charge on any atom is -0.406 e. The zero-order valence-corrected chi connectivity index (χ0v) is 13.9. The zero-order chi connectivity index (χ0) is 18.9. The number of ether oxygens (including phenoxy) is 1. The van der Waals surface area contributed by atoms with Crippen molar-refractivity contribution in [1.82, 2.24) is 10.2 Å². The highest BCUT2D eigenvalue weighted by Crippen LogP contribution is 2.33. The van der Waals surface area contributed by atoms with E-state index in [0.29, 0.717) is 18.4 Å². The Morgan fingerprint density at radius 3 is 2.46 bits per heavy atom. The second-order valence-electron chi connectivity index (χ2n) is 6.70. The maximum absolute atomic E-state index is 13.4. The molecular weight excluding hydrogens is 359 g/mol. The van der Waals surface area contributed by atoms with E-state index in [-0.39, 0.29) is 18.0 Å². The molecule has 2 aliphatic heterocycles. The lowest BCUT2D eigenvalue weighted by atomic mass is 9.89. The molecule has 2 aliphatic rings. The van der Waals surface area contributed by atoms with Crippen molar-refractivity contribution in [1.29, 1.82) is 0 Å². The van der Waals surface area contributed by atoms with Crippen LogP contribution in [0, 0.1) is 0 Å². The number of hydrogen-bond donors (Lipinski definition) is 1. The van der Waals surface area contributed by atoms with Gasteiger partial charge in [-0.25, -0.2) is 8.78 Å². The van der Waals surface area contributed by atoms with Gasteiger partial charge in [0.25, 0.3) is 11.8 Å². The fourth-order valence-corrected chi connectivity index (χ4v) is 3.42. The van der Waals surface area contributed by atoms with Gasteiger partial charge in [-0.2, -0.15) is 0 Å². The standard InChI is InChI=1S/C17H19F5N2O2/c18-16(19)3-6-24(10-16)15(25)13-7-12(11-1-4-23-5-2-11)8-14(9-13)26-17(20,21)22/h7-9,11,23H,1-6,10H2. The third-order valence-corrected chi connectivity index (χ3v) is 4.68. The van der Waals surface area contributed by atoms with E-state index in [0.717, 1.165) is 24.1 Å². The van der Waals surface area contributed by atoms with E-state index in [1.807, 2.05) is 0 Å². The first-order chi connectivity index (χ1) is 12.1. The molecule has 1 N–H and O–H groups in total.